The van der Waals surface area contributed by atoms with Gasteiger partial charge in [0.05, 0.1) is 0 Å². The van der Waals surface area contributed by atoms with E-state index in [2.05, 4.69) is 18.7 Å². The summed E-state index contributed by atoms with van der Waals surface area (Å²) in [5, 5.41) is 10.5. The predicted octanol–water partition coefficient (Wildman–Crippen LogP) is 1.10. The van der Waals surface area contributed by atoms with Gasteiger partial charge in [0.1, 0.15) is 18.0 Å². The molecule has 0 amide bonds. The lowest BCUT2D eigenvalue weighted by Crippen LogP contribution is -2.70. The largest absolute Gasteiger partial charge is 0.630 e. The zero-order chi connectivity index (χ0) is 12.2. The van der Waals surface area contributed by atoms with Crippen molar-refractivity contribution in [3.8, 4) is 5.75 Å². The SMILES string of the molecule is CN(C)C(C)(C)COc1ccc([NH2+][O-])cc1. The monoisotopic (exact) mass is 224 g/mol. The topological polar surface area (TPSA) is 52.1 Å². The van der Waals surface area contributed by atoms with Crippen LogP contribution < -0.4 is 10.2 Å². The summed E-state index contributed by atoms with van der Waals surface area (Å²) in [5.41, 5.74) is 1.48. The van der Waals surface area contributed by atoms with Crippen LogP contribution in [0.2, 0.25) is 0 Å². The summed E-state index contributed by atoms with van der Waals surface area (Å²) in [5.74, 6) is 0.792. The first-order valence-electron chi connectivity index (χ1n) is 5.31. The van der Waals surface area contributed by atoms with Gasteiger partial charge in [-0.1, -0.05) is 0 Å². The van der Waals surface area contributed by atoms with Crippen LogP contribution in [0.4, 0.5) is 5.69 Å². The molecule has 90 valence electrons. The van der Waals surface area contributed by atoms with E-state index >= 15 is 0 Å². The average molecular weight is 224 g/mol. The molecule has 0 aromatic heterocycles. The van der Waals surface area contributed by atoms with Crippen LogP contribution in [0.15, 0.2) is 24.3 Å². The molecule has 1 aromatic rings. The molecule has 0 saturated heterocycles. The van der Waals surface area contributed by atoms with E-state index in [4.69, 9.17) is 4.74 Å². The second-order valence-electron chi connectivity index (χ2n) is 4.68. The van der Waals surface area contributed by atoms with Gasteiger partial charge in [-0.2, -0.15) is 0 Å². The number of rotatable bonds is 5. The molecule has 0 spiro atoms. The fraction of sp³-hybridized carbons (Fsp3) is 0.500. The molecule has 0 saturated carbocycles. The Kier molecular flexibility index (Phi) is 4.29. The van der Waals surface area contributed by atoms with Crippen LogP contribution in [-0.4, -0.2) is 31.1 Å². The van der Waals surface area contributed by atoms with Crippen LogP contribution in [0.25, 0.3) is 0 Å². The maximum absolute atomic E-state index is 10.5. The van der Waals surface area contributed by atoms with E-state index in [9.17, 15) is 5.21 Å². The molecule has 0 unspecified atom stereocenters. The molecule has 16 heavy (non-hydrogen) atoms. The highest BCUT2D eigenvalue weighted by Gasteiger charge is 2.21. The highest BCUT2D eigenvalue weighted by Crippen LogP contribution is 2.16. The van der Waals surface area contributed by atoms with Crippen LogP contribution in [0, 0.1) is 5.21 Å². The molecule has 1 rings (SSSR count). The van der Waals surface area contributed by atoms with Crippen molar-refractivity contribution in [2.45, 2.75) is 19.4 Å². The molecule has 0 aliphatic heterocycles. The van der Waals surface area contributed by atoms with E-state index in [1.807, 2.05) is 26.2 Å². The summed E-state index contributed by atoms with van der Waals surface area (Å²) in [7, 11) is 4.05. The van der Waals surface area contributed by atoms with Gasteiger partial charge in [0.2, 0.25) is 0 Å². The van der Waals surface area contributed by atoms with Crippen molar-refractivity contribution in [2.24, 2.45) is 0 Å². The lowest BCUT2D eigenvalue weighted by atomic mass is 10.1. The fourth-order valence-corrected chi connectivity index (χ4v) is 1.03. The number of ether oxygens (including phenoxy) is 1. The molecule has 0 fully saturated rings. The molecule has 0 aliphatic carbocycles. The van der Waals surface area contributed by atoms with Crippen molar-refractivity contribution in [3.63, 3.8) is 0 Å². The zero-order valence-corrected chi connectivity index (χ0v) is 10.4. The molecule has 1 aromatic carbocycles. The van der Waals surface area contributed by atoms with Crippen molar-refractivity contribution in [2.75, 3.05) is 20.7 Å². The minimum Gasteiger partial charge on any atom is -0.630 e. The van der Waals surface area contributed by atoms with Crippen molar-refractivity contribution in [1.29, 1.82) is 0 Å². The molecule has 4 heteroatoms. The third kappa shape index (κ3) is 3.48. The number of hydrogen-bond donors (Lipinski definition) is 1. The Balaban J connectivity index is 2.54. The fourth-order valence-electron chi connectivity index (χ4n) is 1.03. The number of hydrogen-bond acceptors (Lipinski definition) is 3. The number of benzene rings is 1. The number of quaternary nitrogens is 1. The Morgan fingerprint density at radius 1 is 1.25 bits per heavy atom. The number of nitrogens with zero attached hydrogens (tertiary/aromatic N) is 1. The van der Waals surface area contributed by atoms with Gasteiger partial charge in [0.25, 0.3) is 0 Å². The van der Waals surface area contributed by atoms with Gasteiger partial charge in [-0.25, -0.2) is 0 Å². The third-order valence-corrected chi connectivity index (χ3v) is 2.82. The summed E-state index contributed by atoms with van der Waals surface area (Å²) >= 11 is 0. The normalized spacial score (nSPS) is 11.9. The van der Waals surface area contributed by atoms with Gasteiger partial charge < -0.3 is 20.3 Å². The first kappa shape index (κ1) is 13.0. The van der Waals surface area contributed by atoms with E-state index < -0.39 is 0 Å². The molecule has 0 radical (unpaired) electrons. The molecule has 0 aliphatic rings. The minimum absolute atomic E-state index is 0.0106. The van der Waals surface area contributed by atoms with Gasteiger partial charge in [-0.15, -0.1) is 0 Å². The van der Waals surface area contributed by atoms with Gasteiger partial charge >= 0.3 is 0 Å². The Morgan fingerprint density at radius 2 is 1.81 bits per heavy atom. The number of nitrogens with two attached hydrogens (primary N) is 1. The summed E-state index contributed by atoms with van der Waals surface area (Å²) in [4.78, 5) is 2.12. The van der Waals surface area contributed by atoms with Gasteiger partial charge in [0, 0.05) is 17.7 Å². The van der Waals surface area contributed by atoms with Crippen LogP contribution in [0.1, 0.15) is 13.8 Å². The maximum Gasteiger partial charge on any atom is 0.129 e. The molecule has 0 atom stereocenters. The highest BCUT2D eigenvalue weighted by molar-refractivity contribution is 5.35. The van der Waals surface area contributed by atoms with Gasteiger partial charge in [0.15, 0.2) is 0 Å². The van der Waals surface area contributed by atoms with Crippen molar-refractivity contribution in [3.05, 3.63) is 29.5 Å². The van der Waals surface area contributed by atoms with Gasteiger partial charge in [-0.05, 0) is 40.1 Å². The summed E-state index contributed by atoms with van der Waals surface area (Å²) in [6.45, 7) is 4.85. The first-order chi connectivity index (χ1) is 7.45. The Bertz CT molecular complexity index is 320. The van der Waals surface area contributed by atoms with E-state index in [1.54, 1.807) is 12.1 Å². The average Bonchev–Trinajstić information content (AvgIpc) is 2.27. The Labute approximate surface area is 96.8 Å². The molecular formula is C12H20N2O2. The first-order valence-corrected chi connectivity index (χ1v) is 5.31. The smallest absolute Gasteiger partial charge is 0.129 e. The second-order valence-corrected chi connectivity index (χ2v) is 4.68. The van der Waals surface area contributed by atoms with Crippen molar-refractivity contribution >= 4 is 5.69 Å². The molecule has 0 heterocycles. The number of likely N-dealkylation sites (N-methyl/N-ethyl adjacent to an activating group) is 1. The van der Waals surface area contributed by atoms with Crippen molar-refractivity contribution in [1.82, 2.24) is 4.90 Å². The molecule has 2 N–H and O–H groups in total. The van der Waals surface area contributed by atoms with E-state index in [0.717, 1.165) is 11.2 Å². The lowest BCUT2D eigenvalue weighted by Gasteiger charge is -2.32. The molecular weight excluding hydrogens is 204 g/mol. The highest BCUT2D eigenvalue weighted by atomic mass is 16.5. The quantitative estimate of drug-likeness (QED) is 0.602. The van der Waals surface area contributed by atoms with Crippen LogP contribution in [0.3, 0.4) is 0 Å². The summed E-state index contributed by atoms with van der Waals surface area (Å²) in [6, 6.07) is 7.14. The zero-order valence-electron chi connectivity index (χ0n) is 10.4. The molecule has 0 bridgehead atoms. The van der Waals surface area contributed by atoms with E-state index in [-0.39, 0.29) is 5.54 Å². The molecule has 4 nitrogen and oxygen atoms in total. The lowest BCUT2D eigenvalue weighted by molar-refractivity contribution is -0.497. The van der Waals surface area contributed by atoms with Crippen LogP contribution in [-0.2, 0) is 0 Å². The van der Waals surface area contributed by atoms with E-state index in [1.165, 1.54) is 0 Å². The minimum atomic E-state index is -0.0106. The van der Waals surface area contributed by atoms with Gasteiger partial charge in [-0.3, -0.25) is 0 Å². The Morgan fingerprint density at radius 3 is 2.25 bits per heavy atom. The van der Waals surface area contributed by atoms with Crippen LogP contribution >= 0.6 is 0 Å². The maximum atomic E-state index is 10.5. The van der Waals surface area contributed by atoms with E-state index in [0.29, 0.717) is 12.3 Å². The summed E-state index contributed by atoms with van der Waals surface area (Å²) < 4.78 is 5.67. The third-order valence-electron chi connectivity index (χ3n) is 2.82. The summed E-state index contributed by atoms with van der Waals surface area (Å²) in [6.07, 6.45) is 0. The standard InChI is InChI=1S/C12H20N2O2/c1-12(2,14(3)4)9-16-11-7-5-10(13-15)6-8-11/h5-8H,9,13H2,1-4H3. The van der Waals surface area contributed by atoms with Crippen molar-refractivity contribution < 1.29 is 10.2 Å². The predicted molar refractivity (Wildman–Crippen MR) is 64.7 cm³/mol. The van der Waals surface area contributed by atoms with Crippen LogP contribution in [0.5, 0.6) is 5.75 Å². The Hall–Kier alpha value is -1.10. The second kappa shape index (κ2) is 5.30.